The van der Waals surface area contributed by atoms with Crippen molar-refractivity contribution >= 4 is 11.6 Å². The van der Waals surface area contributed by atoms with E-state index in [-0.39, 0.29) is 18.0 Å². The molecule has 14 heavy (non-hydrogen) atoms. The van der Waals surface area contributed by atoms with Gasteiger partial charge in [-0.05, 0) is 13.8 Å². The van der Waals surface area contributed by atoms with Crippen molar-refractivity contribution in [1.29, 1.82) is 0 Å². The molecule has 2 rings (SSSR count). The Morgan fingerprint density at radius 3 is 2.64 bits per heavy atom. The fraction of sp³-hybridized carbons (Fsp3) is 0.600. The third-order valence-corrected chi connectivity index (χ3v) is 2.84. The average molecular weight is 196 g/mol. The lowest BCUT2D eigenvalue weighted by Gasteiger charge is -2.27. The Labute approximate surface area is 81.9 Å². The maximum Gasteiger partial charge on any atom is 0.204 e. The zero-order valence-corrected chi connectivity index (χ0v) is 8.15. The van der Waals surface area contributed by atoms with Gasteiger partial charge in [0.15, 0.2) is 11.4 Å². The van der Waals surface area contributed by atoms with Crippen LogP contribution in [-0.2, 0) is 19.1 Å². The number of hydrogen-bond acceptors (Lipinski definition) is 4. The second-order valence-corrected chi connectivity index (χ2v) is 3.83. The Hall–Kier alpha value is -1.16. The van der Waals surface area contributed by atoms with Crippen LogP contribution in [0.3, 0.4) is 0 Å². The molecule has 0 aromatic rings. The fourth-order valence-electron chi connectivity index (χ4n) is 1.74. The molecule has 0 N–H and O–H groups in total. The summed E-state index contributed by atoms with van der Waals surface area (Å²) in [6.45, 7) is 3.35. The molecule has 2 aliphatic heterocycles. The molecular formula is C10H12O4. The molecule has 2 heterocycles. The monoisotopic (exact) mass is 196 g/mol. The molecule has 0 radical (unpaired) electrons. The van der Waals surface area contributed by atoms with Crippen molar-refractivity contribution < 1.29 is 19.1 Å². The summed E-state index contributed by atoms with van der Waals surface area (Å²) in [4.78, 5) is 22.8. The van der Waals surface area contributed by atoms with Gasteiger partial charge in [-0.3, -0.25) is 9.59 Å². The first-order valence-corrected chi connectivity index (χ1v) is 4.61. The highest BCUT2D eigenvalue weighted by Crippen LogP contribution is 2.32. The third-order valence-electron chi connectivity index (χ3n) is 2.84. The molecule has 0 aromatic carbocycles. The van der Waals surface area contributed by atoms with Crippen LogP contribution in [0, 0.1) is 0 Å². The minimum atomic E-state index is -1.000. The van der Waals surface area contributed by atoms with Gasteiger partial charge in [-0.25, -0.2) is 0 Å². The van der Waals surface area contributed by atoms with E-state index in [2.05, 4.69) is 0 Å². The molecular weight excluding hydrogens is 184 g/mol. The van der Waals surface area contributed by atoms with Crippen molar-refractivity contribution in [2.45, 2.75) is 38.1 Å². The van der Waals surface area contributed by atoms with Crippen molar-refractivity contribution in [2.24, 2.45) is 0 Å². The zero-order chi connectivity index (χ0) is 10.3. The summed E-state index contributed by atoms with van der Waals surface area (Å²) in [5, 5.41) is 0. The first-order valence-electron chi connectivity index (χ1n) is 4.61. The number of rotatable bonds is 1. The number of ketones is 2. The minimum absolute atomic E-state index is 0.0273. The van der Waals surface area contributed by atoms with Gasteiger partial charge in [0.2, 0.25) is 5.78 Å². The molecule has 4 heteroatoms. The Bertz CT molecular complexity index is 320. The van der Waals surface area contributed by atoms with E-state index in [4.69, 9.17) is 9.47 Å². The van der Waals surface area contributed by atoms with Crippen LogP contribution in [-0.4, -0.2) is 29.4 Å². The van der Waals surface area contributed by atoms with Gasteiger partial charge in [0.05, 0.1) is 6.26 Å². The summed E-state index contributed by atoms with van der Waals surface area (Å²) in [5.41, 5.74) is -1.000. The third kappa shape index (κ3) is 1.18. The highest BCUT2D eigenvalue weighted by Gasteiger charge is 2.50. The maximum atomic E-state index is 11.5. The second-order valence-electron chi connectivity index (χ2n) is 3.83. The Morgan fingerprint density at radius 2 is 2.21 bits per heavy atom. The first kappa shape index (κ1) is 9.40. The van der Waals surface area contributed by atoms with Gasteiger partial charge in [0, 0.05) is 12.5 Å². The summed E-state index contributed by atoms with van der Waals surface area (Å²) in [7, 11) is 0. The minimum Gasteiger partial charge on any atom is -0.484 e. The summed E-state index contributed by atoms with van der Waals surface area (Å²) < 4.78 is 10.6. The highest BCUT2D eigenvalue weighted by atomic mass is 16.6. The maximum absolute atomic E-state index is 11.5. The molecule has 0 unspecified atom stereocenters. The predicted octanol–water partition coefficient (Wildman–Crippen LogP) is 0.605. The van der Waals surface area contributed by atoms with Crippen molar-refractivity contribution in [2.75, 3.05) is 0 Å². The predicted molar refractivity (Wildman–Crippen MR) is 47.6 cm³/mol. The summed E-state index contributed by atoms with van der Waals surface area (Å²) >= 11 is 0. The van der Waals surface area contributed by atoms with E-state index in [1.165, 1.54) is 12.3 Å². The van der Waals surface area contributed by atoms with Crippen molar-refractivity contribution in [1.82, 2.24) is 0 Å². The van der Waals surface area contributed by atoms with Crippen molar-refractivity contribution in [3.63, 3.8) is 0 Å². The summed E-state index contributed by atoms with van der Waals surface area (Å²) in [6.07, 6.45) is 2.11. The molecule has 0 aliphatic carbocycles. The lowest BCUT2D eigenvalue weighted by molar-refractivity contribution is -0.143. The number of Topliss-reactive ketones (excluding diaryl/α,β-unsaturated/α-hetero) is 1. The Balaban J connectivity index is 2.17. The molecule has 0 amide bonds. The van der Waals surface area contributed by atoms with E-state index in [1.54, 1.807) is 13.8 Å². The van der Waals surface area contributed by atoms with Gasteiger partial charge in [0.25, 0.3) is 0 Å². The lowest BCUT2D eigenvalue weighted by Crippen LogP contribution is -2.45. The van der Waals surface area contributed by atoms with Crippen LogP contribution in [0.4, 0.5) is 0 Å². The normalized spacial score (nSPS) is 41.9. The largest absolute Gasteiger partial charge is 0.484 e. The van der Waals surface area contributed by atoms with Crippen LogP contribution >= 0.6 is 0 Å². The van der Waals surface area contributed by atoms with Gasteiger partial charge in [0.1, 0.15) is 12.2 Å². The van der Waals surface area contributed by atoms with Gasteiger partial charge < -0.3 is 9.47 Å². The van der Waals surface area contributed by atoms with E-state index in [0.717, 1.165) is 0 Å². The molecule has 0 bridgehead atoms. The second kappa shape index (κ2) is 2.92. The lowest BCUT2D eigenvalue weighted by atomic mass is 9.92. The first-order chi connectivity index (χ1) is 6.54. The van der Waals surface area contributed by atoms with Crippen LogP contribution in [0.2, 0.25) is 0 Å². The van der Waals surface area contributed by atoms with Gasteiger partial charge in [-0.2, -0.15) is 0 Å². The van der Waals surface area contributed by atoms with Crippen LogP contribution < -0.4 is 0 Å². The molecule has 0 spiro atoms. The summed E-state index contributed by atoms with van der Waals surface area (Å²) in [6, 6.07) is 0. The molecule has 1 fully saturated rings. The van der Waals surface area contributed by atoms with E-state index in [0.29, 0.717) is 0 Å². The Morgan fingerprint density at radius 1 is 1.50 bits per heavy atom. The fourth-order valence-corrected chi connectivity index (χ4v) is 1.74. The molecule has 3 atom stereocenters. The van der Waals surface area contributed by atoms with E-state index >= 15 is 0 Å². The standard InChI is InChI=1S/C10H12O4/c1-6-7(11)5-9(14-6)10(2)8(12)3-4-13-10/h3-4,6,9H,5H2,1-2H3/t6-,9+,10-/m0/s1. The molecule has 4 nitrogen and oxygen atoms in total. The molecule has 0 aromatic heterocycles. The quantitative estimate of drug-likeness (QED) is 0.616. The smallest absolute Gasteiger partial charge is 0.204 e. The zero-order valence-electron chi connectivity index (χ0n) is 8.15. The molecule has 76 valence electrons. The Kier molecular flexibility index (Phi) is 1.96. The number of carbonyl (C=O) groups excluding carboxylic acids is 2. The number of hydrogen-bond donors (Lipinski definition) is 0. The van der Waals surface area contributed by atoms with E-state index < -0.39 is 17.8 Å². The van der Waals surface area contributed by atoms with Gasteiger partial charge in [-0.15, -0.1) is 0 Å². The van der Waals surface area contributed by atoms with Crippen LogP contribution in [0.1, 0.15) is 20.3 Å². The topological polar surface area (TPSA) is 52.6 Å². The van der Waals surface area contributed by atoms with E-state index in [1.807, 2.05) is 0 Å². The molecule has 1 saturated heterocycles. The van der Waals surface area contributed by atoms with Gasteiger partial charge >= 0.3 is 0 Å². The summed E-state index contributed by atoms with van der Waals surface area (Å²) in [5.74, 6) is -0.107. The van der Waals surface area contributed by atoms with Crippen molar-refractivity contribution in [3.05, 3.63) is 12.3 Å². The van der Waals surface area contributed by atoms with Crippen LogP contribution in [0.15, 0.2) is 12.3 Å². The van der Waals surface area contributed by atoms with Crippen LogP contribution in [0.5, 0.6) is 0 Å². The molecule has 2 aliphatic rings. The average Bonchev–Trinajstić information content (AvgIpc) is 2.61. The molecule has 0 saturated carbocycles. The SMILES string of the molecule is C[C@@H]1O[C@@H]([C@@]2(C)OC=CC2=O)CC1=O. The highest BCUT2D eigenvalue weighted by molar-refractivity contribution is 6.00. The van der Waals surface area contributed by atoms with E-state index in [9.17, 15) is 9.59 Å². The van der Waals surface area contributed by atoms with Gasteiger partial charge in [-0.1, -0.05) is 0 Å². The number of carbonyl (C=O) groups is 2. The van der Waals surface area contributed by atoms with Crippen LogP contribution in [0.25, 0.3) is 0 Å². The van der Waals surface area contributed by atoms with Crippen molar-refractivity contribution in [3.8, 4) is 0 Å². The number of ether oxygens (including phenoxy) is 2.